The first-order chi connectivity index (χ1) is 12.3. The average molecular weight is 346 g/mol. The molecule has 3 aromatic heterocycles. The zero-order valence-corrected chi connectivity index (χ0v) is 14.1. The Bertz CT molecular complexity index is 1030. The molecule has 6 heteroatoms. The van der Waals surface area contributed by atoms with Crippen molar-refractivity contribution in [3.63, 3.8) is 0 Å². The van der Waals surface area contributed by atoms with Crippen LogP contribution >= 0.6 is 11.3 Å². The minimum Gasteiger partial charge on any atom is -0.459 e. The van der Waals surface area contributed by atoms with Gasteiger partial charge in [-0.1, -0.05) is 12.1 Å². The molecule has 0 saturated heterocycles. The van der Waals surface area contributed by atoms with E-state index in [-0.39, 0.29) is 0 Å². The monoisotopic (exact) mass is 346 g/mol. The number of furan rings is 1. The van der Waals surface area contributed by atoms with Gasteiger partial charge in [-0.3, -0.25) is 4.98 Å². The van der Waals surface area contributed by atoms with Gasteiger partial charge in [0.15, 0.2) is 5.13 Å². The second-order valence-corrected chi connectivity index (χ2v) is 6.72. The highest BCUT2D eigenvalue weighted by Gasteiger charge is 2.07. The molecule has 1 N–H and O–H groups in total. The van der Waals surface area contributed by atoms with Gasteiger partial charge in [-0.15, -0.1) is 11.3 Å². The highest BCUT2D eigenvalue weighted by atomic mass is 32.1. The maximum atomic E-state index is 8.98. The standard InChI is InChI=1S/C19H14N4OS/c20-9-14-3-1-2-13(6-14)7-17-12-23-19(25-17)22-11-16-8-15-10-21-5-4-18(15)24-16/h1-6,8,10,12H,7,11H2,(H,22,23). The van der Waals surface area contributed by atoms with Crippen LogP contribution in [0, 0.1) is 11.3 Å². The maximum Gasteiger partial charge on any atom is 0.183 e. The molecule has 0 aliphatic rings. The van der Waals surface area contributed by atoms with Crippen molar-refractivity contribution in [2.45, 2.75) is 13.0 Å². The Kier molecular flexibility index (Phi) is 4.15. The highest BCUT2D eigenvalue weighted by Crippen LogP contribution is 2.23. The lowest BCUT2D eigenvalue weighted by molar-refractivity contribution is 0.559. The van der Waals surface area contributed by atoms with Crippen molar-refractivity contribution < 1.29 is 4.42 Å². The topological polar surface area (TPSA) is 74.7 Å². The molecule has 0 bridgehead atoms. The molecular formula is C19H14N4OS. The van der Waals surface area contributed by atoms with Crippen LogP contribution in [0.1, 0.15) is 21.8 Å². The van der Waals surface area contributed by atoms with Gasteiger partial charge < -0.3 is 9.73 Å². The van der Waals surface area contributed by atoms with Gasteiger partial charge in [0.2, 0.25) is 0 Å². The molecule has 5 nitrogen and oxygen atoms in total. The van der Waals surface area contributed by atoms with Gasteiger partial charge in [0, 0.05) is 35.3 Å². The summed E-state index contributed by atoms with van der Waals surface area (Å²) in [5.74, 6) is 0.849. The van der Waals surface area contributed by atoms with Crippen LogP contribution < -0.4 is 5.32 Å². The predicted molar refractivity (Wildman–Crippen MR) is 97.4 cm³/mol. The number of aromatic nitrogens is 2. The van der Waals surface area contributed by atoms with Gasteiger partial charge in [0.05, 0.1) is 18.2 Å². The van der Waals surface area contributed by atoms with E-state index in [9.17, 15) is 0 Å². The second-order valence-electron chi connectivity index (χ2n) is 5.60. The fourth-order valence-corrected chi connectivity index (χ4v) is 3.45. The van der Waals surface area contributed by atoms with Crippen LogP contribution in [0.3, 0.4) is 0 Å². The smallest absolute Gasteiger partial charge is 0.183 e. The van der Waals surface area contributed by atoms with Crippen molar-refractivity contribution in [2.75, 3.05) is 5.32 Å². The van der Waals surface area contributed by atoms with Crippen molar-refractivity contribution in [1.29, 1.82) is 5.26 Å². The number of benzene rings is 1. The molecule has 4 aromatic rings. The van der Waals surface area contributed by atoms with Crippen molar-refractivity contribution in [1.82, 2.24) is 9.97 Å². The number of nitrogens with zero attached hydrogens (tertiary/aromatic N) is 3. The first-order valence-electron chi connectivity index (χ1n) is 7.80. The van der Waals surface area contributed by atoms with Crippen LogP contribution in [-0.2, 0) is 13.0 Å². The molecule has 0 spiro atoms. The third kappa shape index (κ3) is 3.52. The molecule has 122 valence electrons. The molecule has 4 rings (SSSR count). The van der Waals surface area contributed by atoms with Gasteiger partial charge >= 0.3 is 0 Å². The lowest BCUT2D eigenvalue weighted by atomic mass is 10.1. The number of rotatable bonds is 5. The van der Waals surface area contributed by atoms with E-state index in [4.69, 9.17) is 9.68 Å². The number of anilines is 1. The van der Waals surface area contributed by atoms with Crippen LogP contribution in [0.25, 0.3) is 11.0 Å². The Morgan fingerprint density at radius 1 is 1.20 bits per heavy atom. The van der Waals surface area contributed by atoms with Crippen LogP contribution in [-0.4, -0.2) is 9.97 Å². The molecule has 0 fully saturated rings. The Balaban J connectivity index is 1.41. The van der Waals surface area contributed by atoms with Gasteiger partial charge in [-0.2, -0.15) is 5.26 Å². The lowest BCUT2D eigenvalue weighted by Gasteiger charge is -1.99. The quantitative estimate of drug-likeness (QED) is 0.581. The Hall–Kier alpha value is -3.17. The number of nitrogens with one attached hydrogen (secondary N) is 1. The van der Waals surface area contributed by atoms with Crippen molar-refractivity contribution in [3.05, 3.63) is 76.8 Å². The summed E-state index contributed by atoms with van der Waals surface area (Å²) in [6.07, 6.45) is 6.15. The largest absolute Gasteiger partial charge is 0.459 e. The van der Waals surface area contributed by atoms with Crippen LogP contribution in [0.5, 0.6) is 0 Å². The third-order valence-corrected chi connectivity index (χ3v) is 4.72. The summed E-state index contributed by atoms with van der Waals surface area (Å²) < 4.78 is 5.76. The van der Waals surface area contributed by atoms with E-state index in [2.05, 4.69) is 21.4 Å². The first-order valence-corrected chi connectivity index (χ1v) is 8.62. The van der Waals surface area contributed by atoms with Crippen LogP contribution in [0.15, 0.2) is 59.4 Å². The van der Waals surface area contributed by atoms with E-state index in [0.29, 0.717) is 12.1 Å². The zero-order chi connectivity index (χ0) is 17.1. The van der Waals surface area contributed by atoms with E-state index in [1.165, 1.54) is 0 Å². The molecule has 0 unspecified atom stereocenters. The summed E-state index contributed by atoms with van der Waals surface area (Å²) >= 11 is 1.61. The molecule has 0 saturated carbocycles. The molecule has 0 radical (unpaired) electrons. The van der Waals surface area contributed by atoms with Crippen LogP contribution in [0.2, 0.25) is 0 Å². The normalized spacial score (nSPS) is 10.7. The summed E-state index contributed by atoms with van der Waals surface area (Å²) in [6, 6.07) is 13.7. The molecule has 1 aromatic carbocycles. The molecule has 3 heterocycles. The SMILES string of the molecule is N#Cc1cccc(Cc2cnc(NCc3cc4cnccc4o3)s2)c1. The zero-order valence-electron chi connectivity index (χ0n) is 13.3. The number of pyridine rings is 1. The maximum absolute atomic E-state index is 8.98. The van der Waals surface area contributed by atoms with E-state index in [1.807, 2.05) is 42.6 Å². The summed E-state index contributed by atoms with van der Waals surface area (Å²) in [7, 11) is 0. The summed E-state index contributed by atoms with van der Waals surface area (Å²) in [6.45, 7) is 0.575. The molecule has 25 heavy (non-hydrogen) atoms. The van der Waals surface area contributed by atoms with Gasteiger partial charge in [-0.05, 0) is 29.8 Å². The number of fused-ring (bicyclic) bond motifs is 1. The third-order valence-electron chi connectivity index (χ3n) is 3.77. The van der Waals surface area contributed by atoms with Crippen molar-refractivity contribution in [3.8, 4) is 6.07 Å². The molecule has 0 aliphatic carbocycles. The van der Waals surface area contributed by atoms with E-state index < -0.39 is 0 Å². The fraction of sp³-hybridized carbons (Fsp3) is 0.105. The van der Waals surface area contributed by atoms with Gasteiger partial charge in [0.25, 0.3) is 0 Å². The Morgan fingerprint density at radius 2 is 2.16 bits per heavy atom. The van der Waals surface area contributed by atoms with E-state index in [1.54, 1.807) is 23.7 Å². The predicted octanol–water partition coefficient (Wildman–Crippen LogP) is 4.36. The van der Waals surface area contributed by atoms with Crippen molar-refractivity contribution in [2.24, 2.45) is 0 Å². The molecule has 0 amide bonds. The summed E-state index contributed by atoms with van der Waals surface area (Å²) in [5, 5.41) is 14.1. The van der Waals surface area contributed by atoms with E-state index in [0.717, 1.165) is 38.7 Å². The summed E-state index contributed by atoms with van der Waals surface area (Å²) in [4.78, 5) is 9.65. The summed E-state index contributed by atoms with van der Waals surface area (Å²) in [5.41, 5.74) is 2.63. The fourth-order valence-electron chi connectivity index (χ4n) is 2.61. The average Bonchev–Trinajstić information content (AvgIpc) is 3.26. The number of thiazole rings is 1. The Labute approximate surface area is 148 Å². The first kappa shape index (κ1) is 15.4. The van der Waals surface area contributed by atoms with Crippen molar-refractivity contribution >= 4 is 27.4 Å². The second kappa shape index (κ2) is 6.75. The van der Waals surface area contributed by atoms with Gasteiger partial charge in [0.1, 0.15) is 11.3 Å². The lowest BCUT2D eigenvalue weighted by Crippen LogP contribution is -1.96. The Morgan fingerprint density at radius 3 is 3.04 bits per heavy atom. The number of hydrogen-bond donors (Lipinski definition) is 1. The number of hydrogen-bond acceptors (Lipinski definition) is 6. The van der Waals surface area contributed by atoms with E-state index >= 15 is 0 Å². The highest BCUT2D eigenvalue weighted by molar-refractivity contribution is 7.15. The van der Waals surface area contributed by atoms with Crippen LogP contribution in [0.4, 0.5) is 5.13 Å². The van der Waals surface area contributed by atoms with Gasteiger partial charge in [-0.25, -0.2) is 4.98 Å². The molecule has 0 atom stereocenters. The minimum absolute atomic E-state index is 0.575. The minimum atomic E-state index is 0.575. The molecular weight excluding hydrogens is 332 g/mol. The number of nitriles is 1. The molecule has 0 aliphatic heterocycles.